The smallest absolute Gasteiger partial charge is 0.259 e. The van der Waals surface area contributed by atoms with Crippen LogP contribution in [-0.4, -0.2) is 24.0 Å². The second-order valence-corrected chi connectivity index (χ2v) is 7.67. The van der Waals surface area contributed by atoms with Crippen LogP contribution >= 0.6 is 23.5 Å². The lowest BCUT2D eigenvalue weighted by Crippen LogP contribution is -2.32. The number of hydrogen-bond donors (Lipinski definition) is 0. The van der Waals surface area contributed by atoms with Crippen molar-refractivity contribution in [3.63, 3.8) is 0 Å². The molecule has 1 amide bonds. The number of nitrogens with zero attached hydrogens (tertiary/aromatic N) is 1. The summed E-state index contributed by atoms with van der Waals surface area (Å²) in [6, 6.07) is 16.1. The lowest BCUT2D eigenvalue weighted by Gasteiger charge is -2.23. The molecule has 0 saturated heterocycles. The molecule has 1 aliphatic heterocycles. The molecule has 0 aliphatic carbocycles. The number of amides is 1. The molecule has 0 bridgehead atoms. The van der Waals surface area contributed by atoms with Gasteiger partial charge in [-0.2, -0.15) is 0 Å². The number of fused-ring (bicyclic) bond motifs is 1. The van der Waals surface area contributed by atoms with Crippen molar-refractivity contribution >= 4 is 35.1 Å². The zero-order chi connectivity index (χ0) is 15.5. The van der Waals surface area contributed by atoms with Crippen molar-refractivity contribution < 1.29 is 4.79 Å². The van der Waals surface area contributed by atoms with Gasteiger partial charge in [-0.25, -0.2) is 0 Å². The van der Waals surface area contributed by atoms with Crippen LogP contribution in [0, 0.1) is 0 Å². The van der Waals surface area contributed by atoms with Crippen molar-refractivity contribution in [2.45, 2.75) is 28.4 Å². The van der Waals surface area contributed by atoms with Gasteiger partial charge in [0.25, 0.3) is 5.91 Å². The summed E-state index contributed by atoms with van der Waals surface area (Å²) in [4.78, 5) is 17.3. The van der Waals surface area contributed by atoms with Crippen LogP contribution in [0.2, 0.25) is 0 Å². The van der Waals surface area contributed by atoms with Gasteiger partial charge in [0, 0.05) is 21.6 Å². The van der Waals surface area contributed by atoms with Gasteiger partial charge in [-0.15, -0.1) is 23.5 Å². The van der Waals surface area contributed by atoms with Gasteiger partial charge < -0.3 is 4.90 Å². The Hall–Kier alpha value is -1.39. The molecule has 1 heterocycles. The minimum absolute atomic E-state index is 0.104. The van der Waals surface area contributed by atoms with Gasteiger partial charge in [0.05, 0.1) is 11.3 Å². The number of anilines is 1. The van der Waals surface area contributed by atoms with E-state index in [1.165, 1.54) is 4.90 Å². The Kier molecular flexibility index (Phi) is 4.79. The first kappa shape index (κ1) is 15.5. The fourth-order valence-corrected chi connectivity index (χ4v) is 4.37. The van der Waals surface area contributed by atoms with Gasteiger partial charge in [-0.05, 0) is 36.9 Å². The van der Waals surface area contributed by atoms with Crippen LogP contribution in [0.15, 0.2) is 58.3 Å². The zero-order valence-corrected chi connectivity index (χ0v) is 14.4. The molecule has 0 fully saturated rings. The van der Waals surface area contributed by atoms with E-state index in [0.717, 1.165) is 29.1 Å². The molecule has 114 valence electrons. The molecule has 0 N–H and O–H groups in total. The highest BCUT2D eigenvalue weighted by Crippen LogP contribution is 2.38. The third-order valence-corrected chi connectivity index (χ3v) is 5.86. The van der Waals surface area contributed by atoms with E-state index >= 15 is 0 Å². The minimum Gasteiger partial charge on any atom is -0.307 e. The molecule has 22 heavy (non-hydrogen) atoms. The molecular formula is C18H19NOS2. The van der Waals surface area contributed by atoms with E-state index in [9.17, 15) is 4.79 Å². The van der Waals surface area contributed by atoms with Gasteiger partial charge in [-0.3, -0.25) is 4.79 Å². The first-order chi connectivity index (χ1) is 10.7. The summed E-state index contributed by atoms with van der Waals surface area (Å²) in [7, 11) is 0. The summed E-state index contributed by atoms with van der Waals surface area (Å²) in [6.07, 6.45) is 3.02. The highest BCUT2D eigenvalue weighted by molar-refractivity contribution is 8.00. The third-order valence-electron chi connectivity index (χ3n) is 3.83. The highest BCUT2D eigenvalue weighted by atomic mass is 32.2. The van der Waals surface area contributed by atoms with Crippen molar-refractivity contribution in [2.24, 2.45) is 0 Å². The number of carbonyl (C=O) groups is 1. The van der Waals surface area contributed by atoms with Crippen molar-refractivity contribution in [3.05, 3.63) is 54.1 Å². The maximum absolute atomic E-state index is 13.1. The van der Waals surface area contributed by atoms with Crippen LogP contribution in [0.4, 0.5) is 5.69 Å². The number of benzene rings is 2. The van der Waals surface area contributed by atoms with Crippen LogP contribution in [0.1, 0.15) is 23.7 Å². The minimum atomic E-state index is 0.104. The van der Waals surface area contributed by atoms with E-state index in [0.29, 0.717) is 5.25 Å². The average Bonchev–Trinajstić information content (AvgIpc) is 2.72. The van der Waals surface area contributed by atoms with E-state index in [4.69, 9.17) is 0 Å². The molecule has 0 radical (unpaired) electrons. The predicted octanol–water partition coefficient (Wildman–Crippen LogP) is 4.94. The standard InChI is InChI=1S/C18H19NOS2/c1-13-11-12-19(15-8-4-6-10-17(15)22-13)18(20)14-7-3-5-9-16(14)21-2/h3-10,13H,11-12H2,1-2H3/t13-/m0/s1. The van der Waals surface area contributed by atoms with E-state index in [1.807, 2.05) is 59.3 Å². The molecule has 0 aromatic heterocycles. The first-order valence-corrected chi connectivity index (χ1v) is 9.51. The summed E-state index contributed by atoms with van der Waals surface area (Å²) >= 11 is 3.48. The van der Waals surface area contributed by atoms with E-state index < -0.39 is 0 Å². The van der Waals surface area contributed by atoms with Crippen molar-refractivity contribution in [2.75, 3.05) is 17.7 Å². The quantitative estimate of drug-likeness (QED) is 0.728. The van der Waals surface area contributed by atoms with Crippen LogP contribution in [0.25, 0.3) is 0 Å². The van der Waals surface area contributed by atoms with E-state index in [1.54, 1.807) is 11.8 Å². The molecule has 2 nitrogen and oxygen atoms in total. The maximum Gasteiger partial charge on any atom is 0.259 e. The zero-order valence-electron chi connectivity index (χ0n) is 12.8. The highest BCUT2D eigenvalue weighted by Gasteiger charge is 2.26. The molecule has 0 saturated carbocycles. The van der Waals surface area contributed by atoms with Gasteiger partial charge in [0.15, 0.2) is 0 Å². The van der Waals surface area contributed by atoms with Crippen LogP contribution < -0.4 is 4.90 Å². The lowest BCUT2D eigenvalue weighted by atomic mass is 10.1. The normalized spacial score (nSPS) is 17.7. The van der Waals surface area contributed by atoms with Crippen molar-refractivity contribution in [3.8, 4) is 0 Å². The summed E-state index contributed by atoms with van der Waals surface area (Å²) in [5.74, 6) is 0.104. The lowest BCUT2D eigenvalue weighted by molar-refractivity contribution is 0.0983. The predicted molar refractivity (Wildman–Crippen MR) is 96.3 cm³/mol. The summed E-state index contributed by atoms with van der Waals surface area (Å²) in [5, 5.41) is 0.523. The second-order valence-electron chi connectivity index (χ2n) is 5.34. The Morgan fingerprint density at radius 2 is 1.91 bits per heavy atom. The molecule has 3 rings (SSSR count). The molecule has 2 aromatic carbocycles. The molecule has 2 aromatic rings. The van der Waals surface area contributed by atoms with Gasteiger partial charge in [0.2, 0.25) is 0 Å². The second kappa shape index (κ2) is 6.80. The molecule has 1 atom stereocenters. The number of rotatable bonds is 2. The fourth-order valence-electron chi connectivity index (χ4n) is 2.66. The maximum atomic E-state index is 13.1. The van der Waals surface area contributed by atoms with Crippen LogP contribution in [0.5, 0.6) is 0 Å². The molecular weight excluding hydrogens is 310 g/mol. The van der Waals surface area contributed by atoms with Gasteiger partial charge >= 0.3 is 0 Å². The molecule has 4 heteroatoms. The van der Waals surface area contributed by atoms with Gasteiger partial charge in [-0.1, -0.05) is 31.2 Å². The first-order valence-electron chi connectivity index (χ1n) is 7.41. The number of para-hydroxylation sites is 1. The fraction of sp³-hybridized carbons (Fsp3) is 0.278. The summed E-state index contributed by atoms with van der Waals surface area (Å²) < 4.78 is 0. The van der Waals surface area contributed by atoms with Crippen molar-refractivity contribution in [1.82, 2.24) is 0 Å². The largest absolute Gasteiger partial charge is 0.307 e. The summed E-state index contributed by atoms with van der Waals surface area (Å²) in [5.41, 5.74) is 1.84. The van der Waals surface area contributed by atoms with Crippen LogP contribution in [-0.2, 0) is 0 Å². The Morgan fingerprint density at radius 3 is 2.73 bits per heavy atom. The SMILES string of the molecule is CSc1ccccc1C(=O)N1CC[C@H](C)Sc2ccccc21. The molecule has 0 unspecified atom stereocenters. The Balaban J connectivity index is 2.02. The number of thioether (sulfide) groups is 2. The monoisotopic (exact) mass is 329 g/mol. The Morgan fingerprint density at radius 1 is 1.18 bits per heavy atom. The molecule has 1 aliphatic rings. The van der Waals surface area contributed by atoms with Crippen LogP contribution in [0.3, 0.4) is 0 Å². The van der Waals surface area contributed by atoms with Gasteiger partial charge in [0.1, 0.15) is 0 Å². The van der Waals surface area contributed by atoms with E-state index in [2.05, 4.69) is 19.1 Å². The third kappa shape index (κ3) is 3.03. The number of carbonyl (C=O) groups excluding carboxylic acids is 1. The number of hydrogen-bond acceptors (Lipinski definition) is 3. The Bertz CT molecular complexity index is 686. The van der Waals surface area contributed by atoms with E-state index in [-0.39, 0.29) is 5.91 Å². The van der Waals surface area contributed by atoms with Crippen molar-refractivity contribution in [1.29, 1.82) is 0 Å². The Labute approximate surface area is 140 Å². The topological polar surface area (TPSA) is 20.3 Å². The summed E-state index contributed by atoms with van der Waals surface area (Å²) in [6.45, 7) is 3.00. The average molecular weight is 329 g/mol. The molecule has 0 spiro atoms.